The number of ether oxygens (including phenoxy) is 10. The van der Waals surface area contributed by atoms with E-state index in [1.807, 2.05) is 0 Å². The number of carboxylic acid groups (broad SMARTS) is 1. The van der Waals surface area contributed by atoms with Crippen LogP contribution in [0, 0.1) is 0 Å². The topological polar surface area (TPSA) is 142 Å². The number of hydrogen-bond donors (Lipinski definition) is 2. The maximum Gasteiger partial charge on any atom is 0.329 e. The van der Waals surface area contributed by atoms with Gasteiger partial charge in [0.1, 0.15) is 6.61 Å². The molecule has 0 unspecified atom stereocenters. The predicted molar refractivity (Wildman–Crippen MR) is 137 cm³/mol. The lowest BCUT2D eigenvalue weighted by Gasteiger charge is -2.22. The van der Waals surface area contributed by atoms with E-state index >= 15 is 0 Å². The maximum absolute atomic E-state index is 10.2. The SMILES string of the molecule is O=C(O)COCCOCCOCCOCCOCCOCCOCCOCCOCCOC1CCNCC1. The Balaban J connectivity index is 1.61. The Morgan fingerprint density at radius 3 is 1.11 bits per heavy atom. The molecule has 1 aliphatic rings. The predicted octanol–water partition coefficient (Wildman–Crippen LogP) is -0.0110. The van der Waals surface area contributed by atoms with E-state index in [2.05, 4.69) is 5.32 Å². The number of aliphatic carboxylic acids is 1. The van der Waals surface area contributed by atoms with Gasteiger partial charge in [-0.25, -0.2) is 4.79 Å². The maximum atomic E-state index is 10.2. The molecular formula is C25H49NO12. The summed E-state index contributed by atoms with van der Waals surface area (Å²) >= 11 is 0. The fourth-order valence-corrected chi connectivity index (χ4v) is 3.15. The minimum Gasteiger partial charge on any atom is -0.480 e. The minimum atomic E-state index is -0.992. The van der Waals surface area contributed by atoms with Gasteiger partial charge in [0.25, 0.3) is 0 Å². The number of piperidine rings is 1. The number of hydrogen-bond acceptors (Lipinski definition) is 12. The Hall–Kier alpha value is -0.970. The van der Waals surface area contributed by atoms with Crippen LogP contribution in [0.25, 0.3) is 0 Å². The molecule has 0 saturated carbocycles. The zero-order chi connectivity index (χ0) is 27.2. The summed E-state index contributed by atoms with van der Waals surface area (Å²) in [7, 11) is 0. The largest absolute Gasteiger partial charge is 0.480 e. The van der Waals surface area contributed by atoms with Crippen LogP contribution in [0.15, 0.2) is 0 Å². The Labute approximate surface area is 226 Å². The van der Waals surface area contributed by atoms with Crippen molar-refractivity contribution in [2.45, 2.75) is 18.9 Å². The second kappa shape index (κ2) is 29.0. The lowest BCUT2D eigenvalue weighted by atomic mass is 10.1. The van der Waals surface area contributed by atoms with Crippen LogP contribution in [-0.2, 0) is 52.2 Å². The van der Waals surface area contributed by atoms with Gasteiger partial charge in [-0.3, -0.25) is 0 Å². The smallest absolute Gasteiger partial charge is 0.329 e. The first-order valence-corrected chi connectivity index (χ1v) is 13.5. The van der Waals surface area contributed by atoms with E-state index in [9.17, 15) is 4.79 Å². The second-order valence-electron chi connectivity index (χ2n) is 8.17. The van der Waals surface area contributed by atoms with Gasteiger partial charge in [0, 0.05) is 0 Å². The van der Waals surface area contributed by atoms with Gasteiger partial charge in [-0.05, 0) is 25.9 Å². The van der Waals surface area contributed by atoms with Crippen LogP contribution in [-0.4, -0.2) is 156 Å². The van der Waals surface area contributed by atoms with Crippen LogP contribution >= 0.6 is 0 Å². The van der Waals surface area contributed by atoms with Crippen molar-refractivity contribution in [1.82, 2.24) is 5.32 Å². The van der Waals surface area contributed by atoms with E-state index in [4.69, 9.17) is 52.5 Å². The molecule has 2 N–H and O–H groups in total. The number of rotatable bonds is 30. The van der Waals surface area contributed by atoms with Crippen molar-refractivity contribution < 1.29 is 57.3 Å². The second-order valence-corrected chi connectivity index (χ2v) is 8.17. The molecule has 1 saturated heterocycles. The quantitative estimate of drug-likeness (QED) is 0.115. The van der Waals surface area contributed by atoms with Crippen LogP contribution < -0.4 is 5.32 Å². The van der Waals surface area contributed by atoms with Crippen molar-refractivity contribution in [1.29, 1.82) is 0 Å². The van der Waals surface area contributed by atoms with E-state index in [1.54, 1.807) is 0 Å². The highest BCUT2D eigenvalue weighted by atomic mass is 16.6. The highest BCUT2D eigenvalue weighted by molar-refractivity contribution is 5.67. The molecule has 1 rings (SSSR count). The molecule has 1 aliphatic heterocycles. The van der Waals surface area contributed by atoms with Gasteiger partial charge in [-0.2, -0.15) is 0 Å². The van der Waals surface area contributed by atoms with Gasteiger partial charge >= 0.3 is 5.97 Å². The van der Waals surface area contributed by atoms with Gasteiger partial charge in [0.2, 0.25) is 0 Å². The molecule has 226 valence electrons. The van der Waals surface area contributed by atoms with Crippen molar-refractivity contribution in [3.05, 3.63) is 0 Å². The zero-order valence-corrected chi connectivity index (χ0v) is 22.8. The summed E-state index contributed by atoms with van der Waals surface area (Å²) in [5.41, 5.74) is 0. The highest BCUT2D eigenvalue weighted by Gasteiger charge is 2.12. The molecule has 0 bridgehead atoms. The van der Waals surface area contributed by atoms with Crippen molar-refractivity contribution in [2.24, 2.45) is 0 Å². The number of carbonyl (C=O) groups is 1. The highest BCUT2D eigenvalue weighted by Crippen LogP contribution is 2.06. The Bertz CT molecular complexity index is 497. The average molecular weight is 556 g/mol. The molecule has 0 spiro atoms. The van der Waals surface area contributed by atoms with Gasteiger partial charge in [0.05, 0.1) is 125 Å². The first-order chi connectivity index (χ1) is 18.8. The molecule has 0 aromatic carbocycles. The number of carboxylic acids is 1. The fraction of sp³-hybridized carbons (Fsp3) is 0.960. The van der Waals surface area contributed by atoms with Crippen molar-refractivity contribution in [3.8, 4) is 0 Å². The third-order valence-electron chi connectivity index (χ3n) is 5.07. The first-order valence-electron chi connectivity index (χ1n) is 13.5. The third-order valence-corrected chi connectivity index (χ3v) is 5.07. The molecule has 0 atom stereocenters. The van der Waals surface area contributed by atoms with Crippen LogP contribution in [0.2, 0.25) is 0 Å². The molecule has 1 heterocycles. The summed E-state index contributed by atoms with van der Waals surface area (Å²) in [6.45, 7) is 10.5. The van der Waals surface area contributed by atoms with E-state index < -0.39 is 5.97 Å². The molecule has 0 aliphatic carbocycles. The fourth-order valence-electron chi connectivity index (χ4n) is 3.15. The van der Waals surface area contributed by atoms with Crippen LogP contribution in [0.3, 0.4) is 0 Å². The standard InChI is InChI=1S/C25H49NO12/c27-25(28)23-37-20-19-35-16-15-33-12-11-31-8-7-29-5-6-30-9-10-32-13-14-34-17-18-36-21-22-38-24-1-3-26-4-2-24/h24,26H,1-23H2,(H,27,28). The molecule has 38 heavy (non-hydrogen) atoms. The summed E-state index contributed by atoms with van der Waals surface area (Å²) in [6, 6.07) is 0. The lowest BCUT2D eigenvalue weighted by molar-refractivity contribution is -0.142. The van der Waals surface area contributed by atoms with E-state index in [-0.39, 0.29) is 13.2 Å². The van der Waals surface area contributed by atoms with Crippen LogP contribution in [0.5, 0.6) is 0 Å². The molecule has 0 radical (unpaired) electrons. The Morgan fingerprint density at radius 1 is 0.500 bits per heavy atom. The minimum absolute atomic E-state index is 0.247. The van der Waals surface area contributed by atoms with Gasteiger partial charge in [-0.1, -0.05) is 0 Å². The molecule has 1 fully saturated rings. The summed E-state index contributed by atoms with van der Waals surface area (Å²) < 4.78 is 53.9. The van der Waals surface area contributed by atoms with E-state index in [0.29, 0.717) is 118 Å². The van der Waals surface area contributed by atoms with Gasteiger partial charge in [-0.15, -0.1) is 0 Å². The van der Waals surface area contributed by atoms with Crippen molar-refractivity contribution in [3.63, 3.8) is 0 Å². The molecule has 0 aromatic rings. The van der Waals surface area contributed by atoms with Gasteiger partial charge in [0.15, 0.2) is 0 Å². The average Bonchev–Trinajstić information content (AvgIpc) is 2.92. The molecule has 13 heteroatoms. The van der Waals surface area contributed by atoms with Crippen molar-refractivity contribution >= 4 is 5.97 Å². The van der Waals surface area contributed by atoms with Crippen molar-refractivity contribution in [2.75, 3.05) is 139 Å². The van der Waals surface area contributed by atoms with Gasteiger partial charge < -0.3 is 57.8 Å². The first kappa shape index (κ1) is 35.1. The Morgan fingerprint density at radius 2 is 0.789 bits per heavy atom. The zero-order valence-electron chi connectivity index (χ0n) is 22.8. The van der Waals surface area contributed by atoms with Crippen LogP contribution in [0.4, 0.5) is 0 Å². The Kier molecular flexibility index (Phi) is 26.8. The number of nitrogens with one attached hydrogen (secondary N) is 1. The monoisotopic (exact) mass is 555 g/mol. The summed E-state index contributed by atoms with van der Waals surface area (Å²) in [4.78, 5) is 10.2. The summed E-state index contributed by atoms with van der Waals surface area (Å²) in [5.74, 6) is -0.992. The molecule has 0 amide bonds. The normalized spacial score (nSPS) is 14.3. The summed E-state index contributed by atoms with van der Waals surface area (Å²) in [6.07, 6.45) is 2.52. The molecule has 13 nitrogen and oxygen atoms in total. The van der Waals surface area contributed by atoms with Crippen LogP contribution in [0.1, 0.15) is 12.8 Å². The third kappa shape index (κ3) is 26.6. The lowest BCUT2D eigenvalue weighted by Crippen LogP contribution is -2.33. The van der Waals surface area contributed by atoms with E-state index in [1.165, 1.54) is 0 Å². The molecule has 0 aromatic heterocycles. The molecular weight excluding hydrogens is 506 g/mol. The summed E-state index contributed by atoms with van der Waals surface area (Å²) in [5, 5.41) is 11.7. The van der Waals surface area contributed by atoms with E-state index in [0.717, 1.165) is 25.9 Å².